The Labute approximate surface area is 163 Å². The molecule has 0 bridgehead atoms. The van der Waals surface area contributed by atoms with Crippen molar-refractivity contribution in [3.63, 3.8) is 0 Å². The van der Waals surface area contributed by atoms with Crippen molar-refractivity contribution in [1.29, 1.82) is 0 Å². The summed E-state index contributed by atoms with van der Waals surface area (Å²) in [5.41, 5.74) is 1.64. The van der Waals surface area contributed by atoms with Crippen molar-refractivity contribution >= 4 is 29.1 Å². The Bertz CT molecular complexity index is 864. The van der Waals surface area contributed by atoms with Gasteiger partial charge in [0.25, 0.3) is 11.8 Å². The minimum atomic E-state index is -0.677. The molecular formula is C21H22ClFN2O2. The molecule has 1 aliphatic heterocycles. The van der Waals surface area contributed by atoms with Gasteiger partial charge >= 0.3 is 0 Å². The van der Waals surface area contributed by atoms with Crippen LogP contribution in [0.1, 0.15) is 52.5 Å². The van der Waals surface area contributed by atoms with Gasteiger partial charge < -0.3 is 10.2 Å². The van der Waals surface area contributed by atoms with Crippen LogP contribution in [-0.2, 0) is 0 Å². The first-order chi connectivity index (χ1) is 12.9. The van der Waals surface area contributed by atoms with E-state index in [-0.39, 0.29) is 22.5 Å². The third-order valence-electron chi connectivity index (χ3n) is 4.98. The number of carbonyl (C=O) groups is 2. The molecule has 0 radical (unpaired) electrons. The van der Waals surface area contributed by atoms with Gasteiger partial charge in [-0.15, -0.1) is 0 Å². The van der Waals surface area contributed by atoms with Gasteiger partial charge in [-0.05, 0) is 69.0 Å². The highest BCUT2D eigenvalue weighted by molar-refractivity contribution is 6.34. The molecule has 2 aromatic rings. The Balaban J connectivity index is 1.79. The molecule has 1 atom stereocenters. The molecule has 6 heteroatoms. The largest absolute Gasteiger partial charge is 0.336 e. The highest BCUT2D eigenvalue weighted by Crippen LogP contribution is 2.24. The Morgan fingerprint density at radius 1 is 1.22 bits per heavy atom. The van der Waals surface area contributed by atoms with Gasteiger partial charge in [-0.2, -0.15) is 0 Å². The molecule has 1 unspecified atom stereocenters. The molecule has 1 fully saturated rings. The topological polar surface area (TPSA) is 49.4 Å². The first-order valence-electron chi connectivity index (χ1n) is 9.05. The molecule has 1 N–H and O–H groups in total. The normalized spacial score (nSPS) is 16.9. The van der Waals surface area contributed by atoms with Gasteiger partial charge in [0.1, 0.15) is 5.82 Å². The highest BCUT2D eigenvalue weighted by atomic mass is 35.5. The lowest BCUT2D eigenvalue weighted by molar-refractivity contribution is 0.0635. The second-order valence-corrected chi connectivity index (χ2v) is 7.33. The van der Waals surface area contributed by atoms with E-state index in [1.54, 1.807) is 25.1 Å². The number of nitrogens with one attached hydrogen (secondary N) is 1. The minimum absolute atomic E-state index is 0.000301. The number of likely N-dealkylation sites (tertiary alicyclic amines) is 1. The summed E-state index contributed by atoms with van der Waals surface area (Å²) in [4.78, 5) is 27.1. The number of hydrogen-bond acceptors (Lipinski definition) is 2. The molecule has 2 amide bonds. The first kappa shape index (κ1) is 19.4. The van der Waals surface area contributed by atoms with Crippen LogP contribution in [0.4, 0.5) is 10.1 Å². The van der Waals surface area contributed by atoms with Crippen LogP contribution in [0.5, 0.6) is 0 Å². The van der Waals surface area contributed by atoms with Crippen LogP contribution in [-0.4, -0.2) is 29.3 Å². The molecule has 0 spiro atoms. The maximum absolute atomic E-state index is 13.9. The maximum Gasteiger partial charge on any atom is 0.260 e. The van der Waals surface area contributed by atoms with Crippen molar-refractivity contribution in [2.75, 3.05) is 11.9 Å². The number of piperidine rings is 1. The number of carbonyl (C=O) groups excluding carboxylic acids is 2. The Hall–Kier alpha value is -2.40. The maximum atomic E-state index is 13.9. The monoisotopic (exact) mass is 388 g/mol. The van der Waals surface area contributed by atoms with Crippen molar-refractivity contribution < 1.29 is 14.0 Å². The lowest BCUT2D eigenvalue weighted by atomic mass is 10.0. The third-order valence-corrected chi connectivity index (χ3v) is 5.29. The molecule has 2 aromatic carbocycles. The van der Waals surface area contributed by atoms with Gasteiger partial charge in [-0.1, -0.05) is 17.7 Å². The predicted molar refractivity (Wildman–Crippen MR) is 105 cm³/mol. The molecule has 1 heterocycles. The molecule has 1 aliphatic rings. The second kappa shape index (κ2) is 8.09. The fourth-order valence-corrected chi connectivity index (χ4v) is 3.65. The average Bonchev–Trinajstić information content (AvgIpc) is 2.63. The van der Waals surface area contributed by atoms with Crippen LogP contribution in [0.25, 0.3) is 0 Å². The minimum Gasteiger partial charge on any atom is -0.336 e. The summed E-state index contributed by atoms with van der Waals surface area (Å²) < 4.78 is 13.9. The molecule has 0 aromatic heterocycles. The summed E-state index contributed by atoms with van der Waals surface area (Å²) in [6, 6.07) is 9.45. The number of rotatable bonds is 3. The highest BCUT2D eigenvalue weighted by Gasteiger charge is 2.24. The molecule has 0 saturated carbocycles. The van der Waals surface area contributed by atoms with Gasteiger partial charge in [0, 0.05) is 23.8 Å². The zero-order valence-corrected chi connectivity index (χ0v) is 16.1. The lowest BCUT2D eigenvalue weighted by Gasteiger charge is -2.33. The van der Waals surface area contributed by atoms with E-state index in [9.17, 15) is 14.0 Å². The Morgan fingerprint density at radius 2 is 2.00 bits per heavy atom. The number of halogens is 2. The fraction of sp³-hybridized carbons (Fsp3) is 0.333. The Kier molecular flexibility index (Phi) is 5.80. The van der Waals surface area contributed by atoms with Gasteiger partial charge in [0.2, 0.25) is 0 Å². The summed E-state index contributed by atoms with van der Waals surface area (Å²) in [5.74, 6) is -1.30. The summed E-state index contributed by atoms with van der Waals surface area (Å²) in [6.45, 7) is 4.63. The van der Waals surface area contributed by atoms with Gasteiger partial charge in [0.15, 0.2) is 0 Å². The van der Waals surface area contributed by atoms with E-state index < -0.39 is 11.7 Å². The molecule has 3 rings (SSSR count). The average molecular weight is 389 g/mol. The summed E-state index contributed by atoms with van der Waals surface area (Å²) in [6.07, 6.45) is 3.18. The second-order valence-electron chi connectivity index (χ2n) is 6.92. The van der Waals surface area contributed by atoms with E-state index in [1.807, 2.05) is 4.90 Å². The standard InChI is InChI=1S/C21H22ClFN2O2/c1-13-12-15(21(27)25-11-4-3-6-14(25)2)9-10-18(13)24-20(26)19-16(22)7-5-8-17(19)23/h5,7-10,12,14H,3-4,6,11H2,1-2H3,(H,24,26). The van der Waals surface area contributed by atoms with Gasteiger partial charge in [-0.3, -0.25) is 9.59 Å². The van der Waals surface area contributed by atoms with Gasteiger partial charge in [0.05, 0.1) is 10.6 Å². The quantitative estimate of drug-likeness (QED) is 0.799. The number of aryl methyl sites for hydroxylation is 1. The van der Waals surface area contributed by atoms with Crippen LogP contribution in [0.15, 0.2) is 36.4 Å². The molecule has 1 saturated heterocycles. The van der Waals surface area contributed by atoms with E-state index >= 15 is 0 Å². The Morgan fingerprint density at radius 3 is 2.67 bits per heavy atom. The summed E-state index contributed by atoms with van der Waals surface area (Å²) in [5, 5.41) is 2.73. The number of nitrogens with zero attached hydrogens (tertiary/aromatic N) is 1. The van der Waals surface area contributed by atoms with Crippen molar-refractivity contribution in [2.24, 2.45) is 0 Å². The van der Waals surface area contributed by atoms with Crippen LogP contribution in [0.3, 0.4) is 0 Å². The first-order valence-corrected chi connectivity index (χ1v) is 9.43. The lowest BCUT2D eigenvalue weighted by Crippen LogP contribution is -2.42. The van der Waals surface area contributed by atoms with Crippen LogP contribution in [0.2, 0.25) is 5.02 Å². The van der Waals surface area contributed by atoms with Crippen molar-refractivity contribution in [1.82, 2.24) is 4.90 Å². The molecule has 0 aliphatic carbocycles. The fourth-order valence-electron chi connectivity index (χ4n) is 3.40. The molecule has 27 heavy (non-hydrogen) atoms. The van der Waals surface area contributed by atoms with Crippen LogP contribution < -0.4 is 5.32 Å². The number of benzene rings is 2. The van der Waals surface area contributed by atoms with Crippen LogP contribution in [0, 0.1) is 12.7 Å². The van der Waals surface area contributed by atoms with Crippen molar-refractivity contribution in [3.05, 3.63) is 63.9 Å². The van der Waals surface area contributed by atoms with E-state index in [0.29, 0.717) is 11.3 Å². The van der Waals surface area contributed by atoms with Crippen LogP contribution >= 0.6 is 11.6 Å². The smallest absolute Gasteiger partial charge is 0.260 e. The number of amides is 2. The summed E-state index contributed by atoms with van der Waals surface area (Å²) in [7, 11) is 0. The molecule has 142 valence electrons. The third kappa shape index (κ3) is 4.14. The predicted octanol–water partition coefficient (Wildman–Crippen LogP) is 5.05. The van der Waals surface area contributed by atoms with E-state index in [4.69, 9.17) is 11.6 Å². The van der Waals surface area contributed by atoms with Crippen molar-refractivity contribution in [2.45, 2.75) is 39.2 Å². The van der Waals surface area contributed by atoms with E-state index in [2.05, 4.69) is 12.2 Å². The van der Waals surface area contributed by atoms with Crippen molar-refractivity contribution in [3.8, 4) is 0 Å². The van der Waals surface area contributed by atoms with E-state index in [0.717, 1.165) is 31.4 Å². The number of anilines is 1. The SMILES string of the molecule is Cc1cc(C(=O)N2CCCCC2C)ccc1NC(=O)c1c(F)cccc1Cl. The molecule has 4 nitrogen and oxygen atoms in total. The zero-order valence-electron chi connectivity index (χ0n) is 15.4. The molecular weight excluding hydrogens is 367 g/mol. The van der Waals surface area contributed by atoms with E-state index in [1.165, 1.54) is 18.2 Å². The zero-order chi connectivity index (χ0) is 19.6. The van der Waals surface area contributed by atoms with Gasteiger partial charge in [-0.25, -0.2) is 4.39 Å². The number of hydrogen-bond donors (Lipinski definition) is 1. The summed E-state index contributed by atoms with van der Waals surface area (Å²) >= 11 is 5.95.